The Morgan fingerprint density at radius 2 is 2.31 bits per heavy atom. The van der Waals surface area contributed by atoms with Crippen LogP contribution in [0, 0.1) is 0 Å². The molecular weight excluding hydrogens is 246 g/mol. The molecule has 0 fully saturated rings. The van der Waals surface area contributed by atoms with E-state index < -0.39 is 5.60 Å². The van der Waals surface area contributed by atoms with E-state index in [4.69, 9.17) is 11.6 Å². The molecule has 0 radical (unpaired) electrons. The predicted molar refractivity (Wildman–Crippen MR) is 64.6 cm³/mol. The zero-order valence-corrected chi connectivity index (χ0v) is 10.6. The number of halogens is 1. The molecule has 1 N–H and O–H groups in total. The highest BCUT2D eigenvalue weighted by Gasteiger charge is 2.15. The van der Waals surface area contributed by atoms with E-state index in [0.717, 1.165) is 10.6 Å². The Balaban J connectivity index is 2.20. The molecule has 0 aliphatic rings. The van der Waals surface area contributed by atoms with Gasteiger partial charge in [0.1, 0.15) is 10.2 Å². The lowest BCUT2D eigenvalue weighted by molar-refractivity contribution is 0.0577. The average molecular weight is 258 g/mol. The van der Waals surface area contributed by atoms with Gasteiger partial charge in [-0.2, -0.15) is 5.10 Å². The Morgan fingerprint density at radius 3 is 2.88 bits per heavy atom. The minimum atomic E-state index is -0.774. The van der Waals surface area contributed by atoms with Crippen molar-refractivity contribution in [1.82, 2.24) is 14.8 Å². The van der Waals surface area contributed by atoms with Crippen LogP contribution in [0.15, 0.2) is 17.8 Å². The van der Waals surface area contributed by atoms with E-state index in [1.807, 2.05) is 6.20 Å². The lowest BCUT2D eigenvalue weighted by Gasteiger charge is -2.16. The first-order valence-corrected chi connectivity index (χ1v) is 6.06. The van der Waals surface area contributed by atoms with Crippen LogP contribution in [0.5, 0.6) is 0 Å². The summed E-state index contributed by atoms with van der Waals surface area (Å²) in [5.41, 5.74) is 0.144. The normalized spacial score (nSPS) is 12.0. The molecular formula is C10H12ClN3OS. The van der Waals surface area contributed by atoms with Crippen LogP contribution >= 0.6 is 22.9 Å². The molecule has 86 valence electrons. The van der Waals surface area contributed by atoms with Crippen molar-refractivity contribution in [3.8, 4) is 10.6 Å². The summed E-state index contributed by atoms with van der Waals surface area (Å²) in [5.74, 6) is 0. The van der Waals surface area contributed by atoms with E-state index in [9.17, 15) is 5.11 Å². The third-order valence-electron chi connectivity index (χ3n) is 1.91. The third kappa shape index (κ3) is 2.81. The zero-order valence-electron chi connectivity index (χ0n) is 9.01. The molecule has 0 aliphatic carbocycles. The Kier molecular flexibility index (Phi) is 3.01. The molecule has 2 aromatic rings. The van der Waals surface area contributed by atoms with Crippen LogP contribution in [0.4, 0.5) is 0 Å². The molecule has 6 heteroatoms. The number of hydrogen-bond donors (Lipinski definition) is 1. The lowest BCUT2D eigenvalue weighted by atomic mass is 10.1. The van der Waals surface area contributed by atoms with E-state index in [2.05, 4.69) is 10.1 Å². The van der Waals surface area contributed by atoms with Crippen molar-refractivity contribution in [2.24, 2.45) is 0 Å². The molecule has 0 amide bonds. The SMILES string of the molecule is CC(C)(O)Cn1cc(-c2nc(Cl)cs2)cn1. The minimum Gasteiger partial charge on any atom is -0.389 e. The van der Waals surface area contributed by atoms with Crippen molar-refractivity contribution in [3.05, 3.63) is 22.9 Å². The van der Waals surface area contributed by atoms with Gasteiger partial charge in [0.2, 0.25) is 0 Å². The van der Waals surface area contributed by atoms with E-state index in [0.29, 0.717) is 11.7 Å². The van der Waals surface area contributed by atoms with Crippen LogP contribution in [0.25, 0.3) is 10.6 Å². The summed E-state index contributed by atoms with van der Waals surface area (Å²) in [7, 11) is 0. The summed E-state index contributed by atoms with van der Waals surface area (Å²) in [6, 6.07) is 0. The highest BCUT2D eigenvalue weighted by molar-refractivity contribution is 7.13. The number of rotatable bonds is 3. The number of nitrogens with zero attached hydrogens (tertiary/aromatic N) is 3. The first kappa shape index (κ1) is 11.6. The molecule has 0 saturated heterocycles. The monoisotopic (exact) mass is 257 g/mol. The van der Waals surface area contributed by atoms with E-state index in [1.54, 1.807) is 30.1 Å². The summed E-state index contributed by atoms with van der Waals surface area (Å²) < 4.78 is 1.70. The second-order valence-corrected chi connectivity index (χ2v) is 5.46. The Labute approximate surface area is 103 Å². The largest absolute Gasteiger partial charge is 0.389 e. The quantitative estimate of drug-likeness (QED) is 0.919. The highest BCUT2D eigenvalue weighted by atomic mass is 35.5. The molecule has 16 heavy (non-hydrogen) atoms. The van der Waals surface area contributed by atoms with Crippen molar-refractivity contribution in [2.45, 2.75) is 26.0 Å². The number of hydrogen-bond acceptors (Lipinski definition) is 4. The van der Waals surface area contributed by atoms with Gasteiger partial charge < -0.3 is 5.11 Å². The van der Waals surface area contributed by atoms with Gasteiger partial charge >= 0.3 is 0 Å². The fraction of sp³-hybridized carbons (Fsp3) is 0.400. The van der Waals surface area contributed by atoms with E-state index in [1.165, 1.54) is 11.3 Å². The van der Waals surface area contributed by atoms with Crippen molar-refractivity contribution in [2.75, 3.05) is 0 Å². The van der Waals surface area contributed by atoms with Gasteiger partial charge in [-0.1, -0.05) is 11.6 Å². The summed E-state index contributed by atoms with van der Waals surface area (Å²) in [4.78, 5) is 4.16. The molecule has 0 atom stereocenters. The van der Waals surface area contributed by atoms with Gasteiger partial charge in [-0.05, 0) is 13.8 Å². The van der Waals surface area contributed by atoms with Gasteiger partial charge in [0.25, 0.3) is 0 Å². The van der Waals surface area contributed by atoms with Gasteiger partial charge in [0, 0.05) is 17.1 Å². The molecule has 0 aliphatic heterocycles. The first-order valence-electron chi connectivity index (χ1n) is 4.80. The van der Waals surface area contributed by atoms with Crippen molar-refractivity contribution in [1.29, 1.82) is 0 Å². The molecule has 0 aromatic carbocycles. The summed E-state index contributed by atoms with van der Waals surface area (Å²) in [5, 5.41) is 16.9. The van der Waals surface area contributed by atoms with Crippen LogP contribution in [0.3, 0.4) is 0 Å². The highest BCUT2D eigenvalue weighted by Crippen LogP contribution is 2.25. The van der Waals surface area contributed by atoms with Gasteiger partial charge in [-0.15, -0.1) is 11.3 Å². The third-order valence-corrected chi connectivity index (χ3v) is 3.12. The van der Waals surface area contributed by atoms with Gasteiger partial charge in [-0.3, -0.25) is 4.68 Å². The van der Waals surface area contributed by atoms with Crippen LogP contribution in [0.1, 0.15) is 13.8 Å². The van der Waals surface area contributed by atoms with E-state index >= 15 is 0 Å². The summed E-state index contributed by atoms with van der Waals surface area (Å²) in [6.45, 7) is 3.94. The second-order valence-electron chi connectivity index (χ2n) is 4.21. The standard InChI is InChI=1S/C10H12ClN3OS/c1-10(2,15)6-14-4-7(3-12-14)9-13-8(11)5-16-9/h3-5,15H,6H2,1-2H3. The number of thiazole rings is 1. The molecule has 2 heterocycles. The van der Waals surface area contributed by atoms with Gasteiger partial charge in [0.05, 0.1) is 18.3 Å². The molecule has 0 saturated carbocycles. The molecule has 0 bridgehead atoms. The smallest absolute Gasteiger partial charge is 0.140 e. The molecule has 0 spiro atoms. The van der Waals surface area contributed by atoms with E-state index in [-0.39, 0.29) is 0 Å². The van der Waals surface area contributed by atoms with Crippen LogP contribution < -0.4 is 0 Å². The van der Waals surface area contributed by atoms with Gasteiger partial charge in [-0.25, -0.2) is 4.98 Å². The summed E-state index contributed by atoms with van der Waals surface area (Å²) >= 11 is 7.23. The Hall–Kier alpha value is -0.910. The molecule has 4 nitrogen and oxygen atoms in total. The summed E-state index contributed by atoms with van der Waals surface area (Å²) in [6.07, 6.45) is 3.58. The van der Waals surface area contributed by atoms with Crippen LogP contribution in [-0.2, 0) is 6.54 Å². The Morgan fingerprint density at radius 1 is 1.56 bits per heavy atom. The van der Waals surface area contributed by atoms with Crippen molar-refractivity contribution >= 4 is 22.9 Å². The zero-order chi connectivity index (χ0) is 11.8. The lowest BCUT2D eigenvalue weighted by Crippen LogP contribution is -2.26. The maximum Gasteiger partial charge on any atom is 0.140 e. The van der Waals surface area contributed by atoms with Gasteiger partial charge in [0.15, 0.2) is 0 Å². The number of aromatic nitrogens is 3. The average Bonchev–Trinajstić information content (AvgIpc) is 2.71. The predicted octanol–water partition coefficient (Wildman–Crippen LogP) is 2.43. The van der Waals surface area contributed by atoms with Crippen molar-refractivity contribution in [3.63, 3.8) is 0 Å². The van der Waals surface area contributed by atoms with Crippen LogP contribution in [0.2, 0.25) is 5.15 Å². The second kappa shape index (κ2) is 4.16. The molecule has 2 aromatic heterocycles. The van der Waals surface area contributed by atoms with Crippen LogP contribution in [-0.4, -0.2) is 25.5 Å². The first-order chi connectivity index (χ1) is 7.44. The van der Waals surface area contributed by atoms with Crippen molar-refractivity contribution < 1.29 is 5.11 Å². The minimum absolute atomic E-state index is 0.451. The topological polar surface area (TPSA) is 50.9 Å². The number of aliphatic hydroxyl groups is 1. The maximum atomic E-state index is 9.66. The molecule has 2 rings (SSSR count). The fourth-order valence-corrected chi connectivity index (χ4v) is 2.27. The fourth-order valence-electron chi connectivity index (χ4n) is 1.34. The Bertz CT molecular complexity index is 486. The maximum absolute atomic E-state index is 9.66. The molecule has 0 unspecified atom stereocenters.